The standard InChI is InChI=1S/C23H29ClN6O2/c24-19-9-16(15-1-3-29(4-2-15)17-11-25-12-17)10-20-21(19)32-13-18-22(28-20)26-14-27-23(18)30-5-7-31-8-6-30/h9-10,14-15,17,25H,1-8,11-13H2,(H,26,27,28). The summed E-state index contributed by atoms with van der Waals surface area (Å²) < 4.78 is 11.7. The van der Waals surface area contributed by atoms with E-state index in [-0.39, 0.29) is 0 Å². The number of anilines is 3. The van der Waals surface area contributed by atoms with Crippen LogP contribution in [0.5, 0.6) is 5.75 Å². The molecule has 32 heavy (non-hydrogen) atoms. The van der Waals surface area contributed by atoms with Crippen LogP contribution in [0.4, 0.5) is 17.3 Å². The van der Waals surface area contributed by atoms with Crippen molar-refractivity contribution in [1.29, 1.82) is 0 Å². The number of likely N-dealkylation sites (tertiary alicyclic amines) is 1. The van der Waals surface area contributed by atoms with Gasteiger partial charge in [-0.25, -0.2) is 9.97 Å². The third-order valence-corrected chi connectivity index (χ3v) is 7.47. The number of fused-ring (bicyclic) bond motifs is 2. The van der Waals surface area contributed by atoms with Gasteiger partial charge in [-0.3, -0.25) is 4.90 Å². The average molecular weight is 457 g/mol. The molecule has 0 spiro atoms. The Morgan fingerprint density at radius 2 is 1.84 bits per heavy atom. The second-order valence-corrected chi connectivity index (χ2v) is 9.45. The Morgan fingerprint density at radius 3 is 2.59 bits per heavy atom. The van der Waals surface area contributed by atoms with Gasteiger partial charge in [-0.15, -0.1) is 0 Å². The van der Waals surface area contributed by atoms with Crippen molar-refractivity contribution < 1.29 is 9.47 Å². The zero-order chi connectivity index (χ0) is 21.5. The second-order valence-electron chi connectivity index (χ2n) is 9.04. The number of hydrogen-bond acceptors (Lipinski definition) is 8. The number of hydrogen-bond donors (Lipinski definition) is 2. The zero-order valence-electron chi connectivity index (χ0n) is 18.1. The number of aromatic nitrogens is 2. The molecule has 1 aromatic heterocycles. The first-order chi connectivity index (χ1) is 15.8. The normalized spacial score (nSPS) is 22.2. The van der Waals surface area contributed by atoms with Crippen LogP contribution in [0.1, 0.15) is 29.9 Å². The molecule has 5 heterocycles. The molecule has 3 saturated heterocycles. The van der Waals surface area contributed by atoms with Gasteiger partial charge in [-0.05, 0) is 49.5 Å². The van der Waals surface area contributed by atoms with E-state index < -0.39 is 0 Å². The maximum atomic E-state index is 6.73. The molecule has 0 saturated carbocycles. The highest BCUT2D eigenvalue weighted by Gasteiger charge is 2.30. The lowest BCUT2D eigenvalue weighted by Gasteiger charge is -2.42. The van der Waals surface area contributed by atoms with Crippen molar-refractivity contribution in [2.45, 2.75) is 31.4 Å². The zero-order valence-corrected chi connectivity index (χ0v) is 18.9. The number of ether oxygens (including phenoxy) is 2. The molecule has 0 amide bonds. The summed E-state index contributed by atoms with van der Waals surface area (Å²) in [6, 6.07) is 5.02. The maximum Gasteiger partial charge on any atom is 0.161 e. The van der Waals surface area contributed by atoms with Crippen molar-refractivity contribution in [3.8, 4) is 5.75 Å². The van der Waals surface area contributed by atoms with Crippen LogP contribution < -0.4 is 20.3 Å². The summed E-state index contributed by atoms with van der Waals surface area (Å²) in [5.41, 5.74) is 3.14. The Bertz CT molecular complexity index is 987. The molecule has 2 aromatic rings. The van der Waals surface area contributed by atoms with Crippen molar-refractivity contribution in [3.05, 3.63) is 34.6 Å². The van der Waals surface area contributed by atoms with Crippen LogP contribution in [0, 0.1) is 0 Å². The van der Waals surface area contributed by atoms with Gasteiger partial charge in [0, 0.05) is 32.2 Å². The first-order valence-corrected chi connectivity index (χ1v) is 12.0. The van der Waals surface area contributed by atoms with Gasteiger partial charge in [-0.1, -0.05) is 11.6 Å². The molecule has 8 nitrogen and oxygen atoms in total. The molecule has 0 radical (unpaired) electrons. The summed E-state index contributed by atoms with van der Waals surface area (Å²) in [6.45, 7) is 7.98. The number of nitrogens with one attached hydrogen (secondary N) is 2. The molecule has 2 N–H and O–H groups in total. The molecule has 0 aliphatic carbocycles. The average Bonchev–Trinajstić information content (AvgIpc) is 2.98. The first-order valence-electron chi connectivity index (χ1n) is 11.6. The molecule has 0 atom stereocenters. The maximum absolute atomic E-state index is 6.73. The highest BCUT2D eigenvalue weighted by atomic mass is 35.5. The molecule has 0 bridgehead atoms. The first kappa shape index (κ1) is 20.5. The van der Waals surface area contributed by atoms with Crippen molar-refractivity contribution in [2.24, 2.45) is 0 Å². The van der Waals surface area contributed by atoms with Gasteiger partial charge < -0.3 is 25.0 Å². The van der Waals surface area contributed by atoms with Crippen LogP contribution in [0.3, 0.4) is 0 Å². The lowest BCUT2D eigenvalue weighted by molar-refractivity contribution is 0.113. The van der Waals surface area contributed by atoms with Crippen LogP contribution in [0.25, 0.3) is 0 Å². The summed E-state index contributed by atoms with van der Waals surface area (Å²) in [5.74, 6) is 2.91. The van der Waals surface area contributed by atoms with E-state index in [2.05, 4.69) is 42.5 Å². The monoisotopic (exact) mass is 456 g/mol. The van der Waals surface area contributed by atoms with Gasteiger partial charge in [-0.2, -0.15) is 0 Å². The molecular weight excluding hydrogens is 428 g/mol. The SMILES string of the molecule is Clc1cc(C2CCN(C3CNC3)CC2)cc2c1OCc1c(ncnc1N1CCOCC1)N2. The third kappa shape index (κ3) is 3.79. The number of nitrogens with zero attached hydrogens (tertiary/aromatic N) is 4. The van der Waals surface area contributed by atoms with Crippen molar-refractivity contribution >= 4 is 28.9 Å². The van der Waals surface area contributed by atoms with Crippen molar-refractivity contribution in [3.63, 3.8) is 0 Å². The van der Waals surface area contributed by atoms with Gasteiger partial charge in [0.2, 0.25) is 0 Å². The lowest BCUT2D eigenvalue weighted by Crippen LogP contribution is -2.58. The van der Waals surface area contributed by atoms with E-state index in [1.165, 1.54) is 5.56 Å². The summed E-state index contributed by atoms with van der Waals surface area (Å²) in [7, 11) is 0. The molecule has 170 valence electrons. The number of benzene rings is 1. The number of piperidine rings is 1. The molecule has 3 fully saturated rings. The molecular formula is C23H29ClN6O2. The Hall–Kier alpha value is -2.13. The fraction of sp³-hybridized carbons (Fsp3) is 0.565. The van der Waals surface area contributed by atoms with E-state index in [9.17, 15) is 0 Å². The molecule has 9 heteroatoms. The minimum atomic E-state index is 0.385. The highest BCUT2D eigenvalue weighted by Crippen LogP contribution is 2.43. The Morgan fingerprint density at radius 1 is 1.03 bits per heavy atom. The quantitative estimate of drug-likeness (QED) is 0.730. The van der Waals surface area contributed by atoms with Gasteiger partial charge in [0.05, 0.1) is 29.5 Å². The smallest absolute Gasteiger partial charge is 0.161 e. The van der Waals surface area contributed by atoms with Crippen LogP contribution in [0.2, 0.25) is 5.02 Å². The summed E-state index contributed by atoms with van der Waals surface area (Å²) in [6.07, 6.45) is 3.94. The number of halogens is 1. The van der Waals surface area contributed by atoms with Gasteiger partial charge in [0.1, 0.15) is 24.6 Å². The van der Waals surface area contributed by atoms with E-state index in [1.54, 1.807) is 6.33 Å². The van der Waals surface area contributed by atoms with Gasteiger partial charge in [0.15, 0.2) is 5.75 Å². The Labute approximate surface area is 193 Å². The summed E-state index contributed by atoms with van der Waals surface area (Å²) >= 11 is 6.73. The summed E-state index contributed by atoms with van der Waals surface area (Å²) in [4.78, 5) is 14.0. The molecule has 4 aliphatic rings. The van der Waals surface area contributed by atoms with Gasteiger partial charge in [0.25, 0.3) is 0 Å². The molecule has 6 rings (SSSR count). The Kier molecular flexibility index (Phi) is 5.54. The lowest BCUT2D eigenvalue weighted by atomic mass is 9.88. The minimum Gasteiger partial charge on any atom is -0.485 e. The number of rotatable bonds is 3. The van der Waals surface area contributed by atoms with E-state index in [0.717, 1.165) is 81.0 Å². The van der Waals surface area contributed by atoms with Crippen LogP contribution in [0.15, 0.2) is 18.5 Å². The second kappa shape index (κ2) is 8.67. The van der Waals surface area contributed by atoms with Gasteiger partial charge >= 0.3 is 0 Å². The topological polar surface area (TPSA) is 74.8 Å². The van der Waals surface area contributed by atoms with E-state index in [0.29, 0.717) is 36.5 Å². The third-order valence-electron chi connectivity index (χ3n) is 7.19. The van der Waals surface area contributed by atoms with Crippen LogP contribution >= 0.6 is 11.6 Å². The molecule has 4 aliphatic heterocycles. The largest absolute Gasteiger partial charge is 0.485 e. The minimum absolute atomic E-state index is 0.385. The van der Waals surface area contributed by atoms with Crippen LogP contribution in [-0.2, 0) is 11.3 Å². The Balaban J connectivity index is 1.25. The molecule has 0 unspecified atom stereocenters. The highest BCUT2D eigenvalue weighted by molar-refractivity contribution is 6.32. The summed E-state index contributed by atoms with van der Waals surface area (Å²) in [5, 5.41) is 7.55. The van der Waals surface area contributed by atoms with E-state index in [4.69, 9.17) is 21.1 Å². The molecule has 1 aromatic carbocycles. The fourth-order valence-corrected chi connectivity index (χ4v) is 5.46. The van der Waals surface area contributed by atoms with E-state index in [1.807, 2.05) is 0 Å². The van der Waals surface area contributed by atoms with Crippen molar-refractivity contribution in [1.82, 2.24) is 20.2 Å². The predicted molar refractivity (Wildman–Crippen MR) is 124 cm³/mol. The van der Waals surface area contributed by atoms with Crippen molar-refractivity contribution in [2.75, 3.05) is 62.7 Å². The fourth-order valence-electron chi connectivity index (χ4n) is 5.18. The number of morpholine rings is 1. The van der Waals surface area contributed by atoms with Crippen LogP contribution in [-0.4, -0.2) is 73.4 Å². The predicted octanol–water partition coefficient (Wildman–Crippen LogP) is 2.75. The van der Waals surface area contributed by atoms with E-state index >= 15 is 0 Å².